The van der Waals surface area contributed by atoms with E-state index in [0.29, 0.717) is 23.6 Å². The van der Waals surface area contributed by atoms with Crippen molar-refractivity contribution in [3.8, 4) is 17.1 Å². The van der Waals surface area contributed by atoms with Crippen LogP contribution in [0, 0.1) is 11.8 Å². The van der Waals surface area contributed by atoms with Crippen LogP contribution in [0.4, 0.5) is 0 Å². The van der Waals surface area contributed by atoms with Crippen LogP contribution in [-0.4, -0.2) is 33.8 Å². The van der Waals surface area contributed by atoms with Crippen molar-refractivity contribution in [3.63, 3.8) is 0 Å². The summed E-state index contributed by atoms with van der Waals surface area (Å²) in [5, 5.41) is 9.67. The van der Waals surface area contributed by atoms with Crippen LogP contribution in [0.2, 0.25) is 0 Å². The number of aryl methyl sites for hydroxylation is 2. The van der Waals surface area contributed by atoms with E-state index in [1.54, 1.807) is 7.11 Å². The van der Waals surface area contributed by atoms with Crippen molar-refractivity contribution in [1.29, 1.82) is 0 Å². The van der Waals surface area contributed by atoms with Gasteiger partial charge in [-0.05, 0) is 74.0 Å². The number of aliphatic hydroxyl groups excluding tert-OH is 1. The summed E-state index contributed by atoms with van der Waals surface area (Å²) in [7, 11) is 1.67. The molecule has 2 heterocycles. The zero-order chi connectivity index (χ0) is 23.3. The van der Waals surface area contributed by atoms with Crippen molar-refractivity contribution in [1.82, 2.24) is 15.0 Å². The largest absolute Gasteiger partial charge is 0.480 e. The normalized spacial score (nSPS) is 17.0. The highest BCUT2D eigenvalue weighted by Gasteiger charge is 2.26. The Morgan fingerprint density at radius 1 is 1.09 bits per heavy atom. The molecule has 1 aliphatic carbocycles. The quantitative estimate of drug-likeness (QED) is 0.521. The molecule has 0 aromatic carbocycles. The van der Waals surface area contributed by atoms with Crippen LogP contribution in [0.3, 0.4) is 0 Å². The predicted octanol–water partition coefficient (Wildman–Crippen LogP) is 6.00. The van der Waals surface area contributed by atoms with Gasteiger partial charge in [-0.2, -0.15) is 0 Å². The molecule has 2 atom stereocenters. The lowest BCUT2D eigenvalue weighted by Gasteiger charge is -2.21. The highest BCUT2D eigenvalue weighted by molar-refractivity contribution is 5.72. The second-order valence-corrected chi connectivity index (χ2v) is 9.06. The maximum absolute atomic E-state index is 9.67. The van der Waals surface area contributed by atoms with Gasteiger partial charge in [0.1, 0.15) is 0 Å². The van der Waals surface area contributed by atoms with E-state index < -0.39 is 0 Å². The molecule has 0 bridgehead atoms. The molecule has 0 spiro atoms. The van der Waals surface area contributed by atoms with Crippen LogP contribution in [0.5, 0.6) is 5.88 Å². The third-order valence-electron chi connectivity index (χ3n) is 6.67. The number of hydrogen-bond acceptors (Lipinski definition) is 5. The summed E-state index contributed by atoms with van der Waals surface area (Å²) in [4.78, 5) is 15.2. The summed E-state index contributed by atoms with van der Waals surface area (Å²) >= 11 is 0. The zero-order valence-corrected chi connectivity index (χ0v) is 20.6. The van der Waals surface area contributed by atoms with E-state index in [1.165, 1.54) is 5.57 Å². The molecule has 2 aromatic heterocycles. The van der Waals surface area contributed by atoms with Gasteiger partial charge < -0.3 is 9.84 Å². The van der Waals surface area contributed by atoms with E-state index in [-0.39, 0.29) is 6.61 Å². The van der Waals surface area contributed by atoms with Gasteiger partial charge in [-0.25, -0.2) is 15.0 Å². The molecule has 0 radical (unpaired) electrons. The van der Waals surface area contributed by atoms with Crippen molar-refractivity contribution < 1.29 is 9.84 Å². The Bertz CT molecular complexity index is 952. The number of methoxy groups -OCH3 is 1. The molecule has 1 aliphatic rings. The van der Waals surface area contributed by atoms with E-state index in [4.69, 9.17) is 19.7 Å². The van der Waals surface area contributed by atoms with Crippen LogP contribution < -0.4 is 4.74 Å². The SMILES string of the molecule is CCc1nc2c(nc1-c1ccc(C(C)C)nc1OC)CCC(CC)C=C2[C@H](CC)CCO. The van der Waals surface area contributed by atoms with Gasteiger partial charge in [0.05, 0.1) is 35.4 Å². The van der Waals surface area contributed by atoms with E-state index in [2.05, 4.69) is 52.8 Å². The Kier molecular flexibility index (Phi) is 8.41. The second-order valence-electron chi connectivity index (χ2n) is 9.06. The molecular formula is C27H39N3O2. The van der Waals surface area contributed by atoms with E-state index in [0.717, 1.165) is 72.6 Å². The molecule has 174 valence electrons. The van der Waals surface area contributed by atoms with Crippen molar-refractivity contribution in [3.05, 3.63) is 41.0 Å². The topological polar surface area (TPSA) is 68.1 Å². The summed E-state index contributed by atoms with van der Waals surface area (Å²) in [6.45, 7) is 11.0. The molecule has 0 saturated heterocycles. The Morgan fingerprint density at radius 3 is 2.47 bits per heavy atom. The molecule has 0 amide bonds. The molecule has 1 N–H and O–H groups in total. The summed E-state index contributed by atoms with van der Waals surface area (Å²) in [5.74, 6) is 1.77. The van der Waals surface area contributed by atoms with Crippen molar-refractivity contribution in [2.45, 2.75) is 79.1 Å². The van der Waals surface area contributed by atoms with Gasteiger partial charge in [0.2, 0.25) is 5.88 Å². The van der Waals surface area contributed by atoms with Crippen LogP contribution in [-0.2, 0) is 12.8 Å². The number of rotatable bonds is 9. The van der Waals surface area contributed by atoms with Crippen LogP contribution in [0.15, 0.2) is 18.2 Å². The van der Waals surface area contributed by atoms with Crippen molar-refractivity contribution in [2.24, 2.45) is 11.8 Å². The molecule has 0 saturated carbocycles. The maximum atomic E-state index is 9.67. The number of nitrogens with zero attached hydrogens (tertiary/aromatic N) is 3. The lowest BCUT2D eigenvalue weighted by atomic mass is 9.88. The number of hydrogen-bond donors (Lipinski definition) is 1. The minimum atomic E-state index is 0.194. The molecule has 1 unspecified atom stereocenters. The van der Waals surface area contributed by atoms with E-state index in [9.17, 15) is 5.11 Å². The Hall–Kier alpha value is -2.27. The summed E-state index contributed by atoms with van der Waals surface area (Å²) < 4.78 is 5.68. The van der Waals surface area contributed by atoms with Gasteiger partial charge in [-0.3, -0.25) is 0 Å². The van der Waals surface area contributed by atoms with Gasteiger partial charge in [-0.15, -0.1) is 0 Å². The third kappa shape index (κ3) is 5.03. The summed E-state index contributed by atoms with van der Waals surface area (Å²) in [5.41, 5.74) is 7.15. The summed E-state index contributed by atoms with van der Waals surface area (Å²) in [6, 6.07) is 4.15. The number of pyridine rings is 1. The first-order valence-corrected chi connectivity index (χ1v) is 12.2. The number of allylic oxidation sites excluding steroid dienone is 2. The standard InChI is InChI=1S/C27H39N3O2/c1-7-18-10-12-24-26(21(16-18)19(8-2)14-15-31)28-22(9-3)25(29-24)20-11-13-23(17(4)5)30-27(20)32-6/h11,13,16-19,31H,7-10,12,14-15H2,1-6H3/t18?,19-/m1/s1. The number of aromatic nitrogens is 3. The maximum Gasteiger partial charge on any atom is 0.222 e. The molecule has 5 heteroatoms. The zero-order valence-electron chi connectivity index (χ0n) is 20.6. The first kappa shape index (κ1) is 24.4. The number of aliphatic hydroxyl groups is 1. The number of ether oxygens (including phenoxy) is 1. The molecule has 5 nitrogen and oxygen atoms in total. The highest BCUT2D eigenvalue weighted by Crippen LogP contribution is 2.38. The Labute approximate surface area is 193 Å². The van der Waals surface area contributed by atoms with Crippen LogP contribution in [0.25, 0.3) is 16.8 Å². The van der Waals surface area contributed by atoms with Crippen molar-refractivity contribution >= 4 is 5.57 Å². The van der Waals surface area contributed by atoms with Gasteiger partial charge in [-0.1, -0.05) is 40.7 Å². The lowest BCUT2D eigenvalue weighted by Crippen LogP contribution is -2.12. The predicted molar refractivity (Wildman–Crippen MR) is 131 cm³/mol. The van der Waals surface area contributed by atoms with Gasteiger partial charge in [0, 0.05) is 12.3 Å². The second kappa shape index (κ2) is 11.0. The molecule has 0 aliphatic heterocycles. The molecule has 0 fully saturated rings. The molecular weight excluding hydrogens is 398 g/mol. The monoisotopic (exact) mass is 437 g/mol. The van der Waals surface area contributed by atoms with E-state index >= 15 is 0 Å². The fraction of sp³-hybridized carbons (Fsp3) is 0.593. The first-order chi connectivity index (χ1) is 15.5. The fourth-order valence-corrected chi connectivity index (χ4v) is 4.61. The van der Waals surface area contributed by atoms with Crippen LogP contribution in [0.1, 0.15) is 89.0 Å². The van der Waals surface area contributed by atoms with Gasteiger partial charge in [0.15, 0.2) is 0 Å². The minimum Gasteiger partial charge on any atom is -0.480 e. The number of fused-ring (bicyclic) bond motifs is 1. The molecule has 32 heavy (non-hydrogen) atoms. The third-order valence-corrected chi connectivity index (χ3v) is 6.67. The summed E-state index contributed by atoms with van der Waals surface area (Å²) in [6.07, 6.45) is 8.04. The Morgan fingerprint density at radius 2 is 1.88 bits per heavy atom. The van der Waals surface area contributed by atoms with Crippen molar-refractivity contribution in [2.75, 3.05) is 13.7 Å². The minimum absolute atomic E-state index is 0.194. The lowest BCUT2D eigenvalue weighted by molar-refractivity contribution is 0.270. The average molecular weight is 438 g/mol. The van der Waals surface area contributed by atoms with Crippen LogP contribution >= 0.6 is 0 Å². The van der Waals surface area contributed by atoms with Gasteiger partial charge in [0.25, 0.3) is 0 Å². The van der Waals surface area contributed by atoms with Gasteiger partial charge >= 0.3 is 0 Å². The molecule has 2 aromatic rings. The molecule has 3 rings (SSSR count). The first-order valence-electron chi connectivity index (χ1n) is 12.2. The average Bonchev–Trinajstić information content (AvgIpc) is 3.00. The Balaban J connectivity index is 2.18. The smallest absolute Gasteiger partial charge is 0.222 e. The highest BCUT2D eigenvalue weighted by atomic mass is 16.5. The fourth-order valence-electron chi connectivity index (χ4n) is 4.61. The van der Waals surface area contributed by atoms with E-state index in [1.807, 2.05) is 0 Å².